The number of rotatable bonds is 2. The standard InChI is InChI=1S/C16H18N4O4/c1-23-16(22)20-9-7-19(8-10-20)15(21)17-14-11-13(24-18-14)12-5-3-2-4-6-12/h2-6,11H,7-10H2,1H3,(H,17,18,21). The minimum absolute atomic E-state index is 0.271. The fourth-order valence-electron chi connectivity index (χ4n) is 2.48. The van der Waals surface area contributed by atoms with Crippen LogP contribution in [-0.2, 0) is 4.74 Å². The number of aromatic nitrogens is 1. The summed E-state index contributed by atoms with van der Waals surface area (Å²) in [6.07, 6.45) is -0.376. The van der Waals surface area contributed by atoms with Crippen molar-refractivity contribution in [2.75, 3.05) is 38.6 Å². The molecule has 8 nitrogen and oxygen atoms in total. The first-order valence-corrected chi connectivity index (χ1v) is 7.58. The second kappa shape index (κ2) is 7.03. The molecule has 1 aliphatic heterocycles. The predicted octanol–water partition coefficient (Wildman–Crippen LogP) is 2.26. The van der Waals surface area contributed by atoms with Crippen LogP contribution in [0.15, 0.2) is 40.9 Å². The van der Waals surface area contributed by atoms with E-state index in [0.717, 1.165) is 5.56 Å². The summed E-state index contributed by atoms with van der Waals surface area (Å²) < 4.78 is 9.92. The van der Waals surface area contributed by atoms with Crippen LogP contribution in [0.4, 0.5) is 15.4 Å². The fraction of sp³-hybridized carbons (Fsp3) is 0.312. The molecule has 24 heavy (non-hydrogen) atoms. The summed E-state index contributed by atoms with van der Waals surface area (Å²) in [5, 5.41) is 6.57. The summed E-state index contributed by atoms with van der Waals surface area (Å²) in [6, 6.07) is 10.9. The molecule has 3 rings (SSSR count). The van der Waals surface area contributed by atoms with Gasteiger partial charge in [0.2, 0.25) is 0 Å². The van der Waals surface area contributed by atoms with Crippen molar-refractivity contribution < 1.29 is 18.8 Å². The number of hydrogen-bond donors (Lipinski definition) is 1. The van der Waals surface area contributed by atoms with Crippen molar-refractivity contribution in [2.45, 2.75) is 0 Å². The van der Waals surface area contributed by atoms with Gasteiger partial charge in [-0.25, -0.2) is 9.59 Å². The molecule has 1 aromatic carbocycles. The second-order valence-corrected chi connectivity index (χ2v) is 5.32. The molecule has 2 heterocycles. The Morgan fingerprint density at radius 2 is 1.79 bits per heavy atom. The Kier molecular flexibility index (Phi) is 4.64. The summed E-state index contributed by atoms with van der Waals surface area (Å²) in [4.78, 5) is 26.9. The Bertz CT molecular complexity index is 708. The topological polar surface area (TPSA) is 87.9 Å². The Balaban J connectivity index is 1.56. The summed E-state index contributed by atoms with van der Waals surface area (Å²) in [5.74, 6) is 0.940. The number of nitrogens with one attached hydrogen (secondary N) is 1. The molecule has 1 N–H and O–H groups in total. The molecule has 1 saturated heterocycles. The number of ether oxygens (including phenoxy) is 1. The van der Waals surface area contributed by atoms with Gasteiger partial charge in [0, 0.05) is 37.8 Å². The molecule has 1 aromatic heterocycles. The van der Waals surface area contributed by atoms with Gasteiger partial charge in [-0.05, 0) is 0 Å². The van der Waals surface area contributed by atoms with Gasteiger partial charge >= 0.3 is 12.1 Å². The van der Waals surface area contributed by atoms with Gasteiger partial charge in [-0.3, -0.25) is 5.32 Å². The van der Waals surface area contributed by atoms with Crippen molar-refractivity contribution in [2.24, 2.45) is 0 Å². The molecule has 0 radical (unpaired) electrons. The smallest absolute Gasteiger partial charge is 0.409 e. The van der Waals surface area contributed by atoms with E-state index in [1.54, 1.807) is 15.9 Å². The first-order chi connectivity index (χ1) is 11.7. The van der Waals surface area contributed by atoms with Crippen LogP contribution in [0.3, 0.4) is 0 Å². The highest BCUT2D eigenvalue weighted by Crippen LogP contribution is 2.22. The molecule has 0 unspecified atom stereocenters. The number of anilines is 1. The monoisotopic (exact) mass is 330 g/mol. The maximum Gasteiger partial charge on any atom is 0.409 e. The maximum absolute atomic E-state index is 12.3. The van der Waals surface area contributed by atoms with Crippen molar-refractivity contribution >= 4 is 17.9 Å². The number of piperazine rings is 1. The van der Waals surface area contributed by atoms with Gasteiger partial charge in [0.15, 0.2) is 11.6 Å². The summed E-state index contributed by atoms with van der Waals surface area (Å²) >= 11 is 0. The van der Waals surface area contributed by atoms with E-state index in [4.69, 9.17) is 4.52 Å². The Morgan fingerprint density at radius 3 is 2.46 bits per heavy atom. The minimum Gasteiger partial charge on any atom is -0.453 e. The first kappa shape index (κ1) is 15.9. The highest BCUT2D eigenvalue weighted by Gasteiger charge is 2.25. The van der Waals surface area contributed by atoms with Gasteiger partial charge < -0.3 is 19.1 Å². The van der Waals surface area contributed by atoms with Crippen LogP contribution < -0.4 is 5.32 Å². The van der Waals surface area contributed by atoms with Crippen LogP contribution in [0.1, 0.15) is 0 Å². The number of benzene rings is 1. The highest BCUT2D eigenvalue weighted by molar-refractivity contribution is 5.89. The van der Waals surface area contributed by atoms with Crippen LogP contribution in [0.5, 0.6) is 0 Å². The average Bonchev–Trinajstić information content (AvgIpc) is 3.10. The average molecular weight is 330 g/mol. The van der Waals surface area contributed by atoms with E-state index in [1.165, 1.54) is 7.11 Å². The van der Waals surface area contributed by atoms with Crippen molar-refractivity contribution in [3.63, 3.8) is 0 Å². The fourth-order valence-corrected chi connectivity index (χ4v) is 2.48. The zero-order chi connectivity index (χ0) is 16.9. The number of urea groups is 1. The lowest BCUT2D eigenvalue weighted by molar-refractivity contribution is 0.0992. The largest absolute Gasteiger partial charge is 0.453 e. The Hall–Kier alpha value is -3.03. The number of carbonyl (C=O) groups excluding carboxylic acids is 2. The summed E-state index contributed by atoms with van der Waals surface area (Å²) in [7, 11) is 1.34. The summed E-state index contributed by atoms with van der Waals surface area (Å²) in [5.41, 5.74) is 0.886. The third-order valence-electron chi connectivity index (χ3n) is 3.80. The first-order valence-electron chi connectivity index (χ1n) is 7.58. The Labute approximate surface area is 139 Å². The molecule has 0 saturated carbocycles. The van der Waals surface area contributed by atoms with E-state index < -0.39 is 0 Å². The molecule has 0 spiro atoms. The third kappa shape index (κ3) is 3.48. The molecule has 2 aromatic rings. The van der Waals surface area contributed by atoms with Crippen molar-refractivity contribution in [1.29, 1.82) is 0 Å². The van der Waals surface area contributed by atoms with E-state index >= 15 is 0 Å². The van der Waals surface area contributed by atoms with Crippen LogP contribution in [0, 0.1) is 0 Å². The number of methoxy groups -OCH3 is 1. The van der Waals surface area contributed by atoms with Gasteiger partial charge in [0.1, 0.15) is 0 Å². The molecular weight excluding hydrogens is 312 g/mol. The lowest BCUT2D eigenvalue weighted by Crippen LogP contribution is -2.51. The molecule has 126 valence electrons. The zero-order valence-electron chi connectivity index (χ0n) is 13.3. The number of nitrogens with zero attached hydrogens (tertiary/aromatic N) is 3. The SMILES string of the molecule is COC(=O)N1CCN(C(=O)Nc2cc(-c3ccccc3)on2)CC1. The van der Waals surface area contributed by atoms with E-state index in [1.807, 2.05) is 30.3 Å². The van der Waals surface area contributed by atoms with Crippen molar-refractivity contribution in [3.05, 3.63) is 36.4 Å². The molecule has 0 bridgehead atoms. The number of amides is 3. The van der Waals surface area contributed by atoms with E-state index in [9.17, 15) is 9.59 Å². The molecule has 1 fully saturated rings. The van der Waals surface area contributed by atoms with Gasteiger partial charge in [0.05, 0.1) is 7.11 Å². The zero-order valence-corrected chi connectivity index (χ0v) is 13.3. The van der Waals surface area contributed by atoms with Gasteiger partial charge in [-0.1, -0.05) is 35.5 Å². The summed E-state index contributed by atoms with van der Waals surface area (Å²) in [6.45, 7) is 1.75. The number of carbonyl (C=O) groups is 2. The molecule has 8 heteroatoms. The Morgan fingerprint density at radius 1 is 1.12 bits per heavy atom. The van der Waals surface area contributed by atoms with Gasteiger partial charge in [-0.15, -0.1) is 0 Å². The van der Waals surface area contributed by atoms with Gasteiger partial charge in [-0.2, -0.15) is 0 Å². The van der Waals surface area contributed by atoms with Crippen LogP contribution in [-0.4, -0.2) is 60.4 Å². The van der Waals surface area contributed by atoms with E-state index in [-0.39, 0.29) is 12.1 Å². The van der Waals surface area contributed by atoms with Crippen LogP contribution in [0.2, 0.25) is 0 Å². The van der Waals surface area contributed by atoms with Gasteiger partial charge in [0.25, 0.3) is 0 Å². The molecule has 0 aliphatic carbocycles. The van der Waals surface area contributed by atoms with Crippen LogP contribution >= 0.6 is 0 Å². The maximum atomic E-state index is 12.3. The van der Waals surface area contributed by atoms with E-state index in [2.05, 4.69) is 15.2 Å². The minimum atomic E-state index is -0.376. The normalized spacial score (nSPS) is 14.4. The predicted molar refractivity (Wildman–Crippen MR) is 86.5 cm³/mol. The second-order valence-electron chi connectivity index (χ2n) is 5.32. The van der Waals surface area contributed by atoms with Crippen molar-refractivity contribution in [3.8, 4) is 11.3 Å². The molecular formula is C16H18N4O4. The number of hydrogen-bond acceptors (Lipinski definition) is 5. The van der Waals surface area contributed by atoms with Crippen molar-refractivity contribution in [1.82, 2.24) is 15.0 Å². The quantitative estimate of drug-likeness (QED) is 0.912. The molecule has 0 atom stereocenters. The molecule has 1 aliphatic rings. The van der Waals surface area contributed by atoms with Crippen LogP contribution in [0.25, 0.3) is 11.3 Å². The lowest BCUT2D eigenvalue weighted by Gasteiger charge is -2.33. The molecule has 3 amide bonds. The highest BCUT2D eigenvalue weighted by atomic mass is 16.5. The lowest BCUT2D eigenvalue weighted by atomic mass is 10.2. The van der Waals surface area contributed by atoms with E-state index in [0.29, 0.717) is 37.8 Å². The third-order valence-corrected chi connectivity index (χ3v) is 3.80.